The Morgan fingerprint density at radius 1 is 1.06 bits per heavy atom. The molecule has 0 spiro atoms. The number of nitrogens with one attached hydrogen (secondary N) is 2. The molecule has 3 N–H and O–H groups in total. The maximum Gasteiger partial charge on any atom is 0.407 e. The fourth-order valence-electron chi connectivity index (χ4n) is 4.25. The van der Waals surface area contributed by atoms with Gasteiger partial charge < -0.3 is 20.5 Å². The maximum absolute atomic E-state index is 12.4. The number of hydrogen-bond donors (Lipinski definition) is 3. The minimum absolute atomic E-state index is 0.0138. The fraction of sp³-hybridized carbons (Fsp3) is 0.423. The second-order valence-electron chi connectivity index (χ2n) is 8.42. The number of thioether (sulfide) groups is 1. The normalized spacial score (nSPS) is 13.9. The van der Waals surface area contributed by atoms with E-state index in [1.807, 2.05) is 37.4 Å². The van der Waals surface area contributed by atoms with E-state index < -0.39 is 18.1 Å². The van der Waals surface area contributed by atoms with E-state index in [2.05, 4.69) is 34.9 Å². The number of alkyl carbamates (subject to hydrolysis) is 1. The molecule has 3 rings (SSSR count). The van der Waals surface area contributed by atoms with E-state index in [1.165, 1.54) is 22.9 Å². The van der Waals surface area contributed by atoms with Crippen LogP contribution in [0.1, 0.15) is 43.2 Å². The summed E-state index contributed by atoms with van der Waals surface area (Å²) in [5, 5.41) is 14.6. The Labute approximate surface area is 204 Å². The molecule has 1 aliphatic rings. The predicted molar refractivity (Wildman–Crippen MR) is 134 cm³/mol. The topological polar surface area (TPSA) is 105 Å². The molecule has 2 aromatic rings. The second kappa shape index (κ2) is 12.5. The summed E-state index contributed by atoms with van der Waals surface area (Å²) in [4.78, 5) is 36.1. The molecule has 182 valence electrons. The number of carboxylic acid groups (broad SMARTS) is 1. The van der Waals surface area contributed by atoms with Crippen molar-refractivity contribution >= 4 is 29.7 Å². The van der Waals surface area contributed by atoms with Gasteiger partial charge in [-0.3, -0.25) is 4.79 Å². The molecule has 8 heteroatoms. The number of carbonyl (C=O) groups excluding carboxylic acids is 2. The lowest BCUT2D eigenvalue weighted by Gasteiger charge is -2.19. The second-order valence-corrected chi connectivity index (χ2v) is 9.41. The Morgan fingerprint density at radius 3 is 2.24 bits per heavy atom. The number of carboxylic acids is 1. The van der Waals surface area contributed by atoms with Crippen LogP contribution in [0.3, 0.4) is 0 Å². The molecule has 2 amide bonds. The molecule has 2 atom stereocenters. The lowest BCUT2D eigenvalue weighted by Crippen LogP contribution is -2.42. The van der Waals surface area contributed by atoms with Crippen molar-refractivity contribution in [3.63, 3.8) is 0 Å². The Kier molecular flexibility index (Phi) is 9.39. The first-order chi connectivity index (χ1) is 16.4. The highest BCUT2D eigenvalue weighted by atomic mass is 32.2. The zero-order chi connectivity index (χ0) is 24.5. The summed E-state index contributed by atoms with van der Waals surface area (Å²) < 4.78 is 5.55. The van der Waals surface area contributed by atoms with E-state index in [0.29, 0.717) is 18.6 Å². The highest BCUT2D eigenvalue weighted by molar-refractivity contribution is 7.98. The minimum atomic E-state index is -1.03. The van der Waals surface area contributed by atoms with E-state index in [9.17, 15) is 19.5 Å². The van der Waals surface area contributed by atoms with Gasteiger partial charge in [-0.2, -0.15) is 11.8 Å². The monoisotopic (exact) mass is 484 g/mol. The predicted octanol–water partition coefficient (Wildman–Crippen LogP) is 4.26. The molecule has 0 saturated carbocycles. The molecule has 34 heavy (non-hydrogen) atoms. The summed E-state index contributed by atoms with van der Waals surface area (Å²) in [5.74, 6) is -0.838. The van der Waals surface area contributed by atoms with Crippen LogP contribution in [-0.4, -0.2) is 54.3 Å². The highest BCUT2D eigenvalue weighted by Crippen LogP contribution is 2.44. The molecule has 0 aliphatic heterocycles. The molecule has 0 aromatic heterocycles. The standard InChI is InChI=1S/C26H32N2O5S/c1-3-17(14-24(29)28-23(25(30)31)12-13-34-2)15-27-26(32)33-16-22-20-10-6-4-8-18(20)19-9-5-7-11-21(19)22/h4-11,17,22-23H,3,12-16H2,1-2H3,(H,27,32)(H,28,29)(H,30,31). The van der Waals surface area contributed by atoms with Crippen LogP contribution in [0.25, 0.3) is 11.1 Å². The van der Waals surface area contributed by atoms with Crippen molar-refractivity contribution in [2.24, 2.45) is 5.92 Å². The van der Waals surface area contributed by atoms with Gasteiger partial charge in [-0.25, -0.2) is 9.59 Å². The Balaban J connectivity index is 1.49. The van der Waals surface area contributed by atoms with Crippen LogP contribution in [0, 0.1) is 5.92 Å². The van der Waals surface area contributed by atoms with Crippen LogP contribution >= 0.6 is 11.8 Å². The van der Waals surface area contributed by atoms with Crippen molar-refractivity contribution in [3.8, 4) is 11.1 Å². The van der Waals surface area contributed by atoms with Crippen molar-refractivity contribution in [2.75, 3.05) is 25.2 Å². The third-order valence-corrected chi connectivity index (χ3v) is 6.82. The maximum atomic E-state index is 12.4. The summed E-state index contributed by atoms with van der Waals surface area (Å²) >= 11 is 1.53. The highest BCUT2D eigenvalue weighted by Gasteiger charge is 2.29. The lowest BCUT2D eigenvalue weighted by molar-refractivity contribution is -0.142. The summed E-state index contributed by atoms with van der Waals surface area (Å²) in [6.45, 7) is 2.44. The van der Waals surface area contributed by atoms with Gasteiger partial charge in [-0.05, 0) is 46.6 Å². The number of rotatable bonds is 12. The number of aliphatic carboxylic acids is 1. The largest absolute Gasteiger partial charge is 0.480 e. The van der Waals surface area contributed by atoms with Crippen LogP contribution in [0.2, 0.25) is 0 Å². The average molecular weight is 485 g/mol. The first-order valence-electron chi connectivity index (χ1n) is 11.5. The zero-order valence-electron chi connectivity index (χ0n) is 19.6. The molecule has 0 heterocycles. The van der Waals surface area contributed by atoms with E-state index in [1.54, 1.807) is 0 Å². The smallest absolute Gasteiger partial charge is 0.407 e. The first-order valence-corrected chi connectivity index (χ1v) is 12.9. The fourth-order valence-corrected chi connectivity index (χ4v) is 4.72. The molecule has 0 radical (unpaired) electrons. The number of benzene rings is 2. The quantitative estimate of drug-likeness (QED) is 0.416. The summed E-state index contributed by atoms with van der Waals surface area (Å²) in [5.41, 5.74) is 4.63. The average Bonchev–Trinajstić information content (AvgIpc) is 3.16. The van der Waals surface area contributed by atoms with Gasteiger partial charge >= 0.3 is 12.1 Å². The number of hydrogen-bond acceptors (Lipinski definition) is 5. The van der Waals surface area contributed by atoms with Crippen molar-refractivity contribution in [1.29, 1.82) is 0 Å². The van der Waals surface area contributed by atoms with Crippen LogP contribution < -0.4 is 10.6 Å². The van der Waals surface area contributed by atoms with E-state index in [0.717, 1.165) is 11.1 Å². The van der Waals surface area contributed by atoms with Gasteiger partial charge in [0.1, 0.15) is 12.6 Å². The zero-order valence-corrected chi connectivity index (χ0v) is 20.4. The first kappa shape index (κ1) is 25.6. The molecule has 2 unspecified atom stereocenters. The van der Waals surface area contributed by atoms with Crippen LogP contribution in [0.5, 0.6) is 0 Å². The minimum Gasteiger partial charge on any atom is -0.480 e. The number of fused-ring (bicyclic) bond motifs is 3. The molecule has 2 aromatic carbocycles. The van der Waals surface area contributed by atoms with Gasteiger partial charge in [-0.15, -0.1) is 0 Å². The molecular formula is C26H32N2O5S. The van der Waals surface area contributed by atoms with Crippen LogP contribution in [0.4, 0.5) is 4.79 Å². The summed E-state index contributed by atoms with van der Waals surface area (Å²) in [6, 6.07) is 15.4. The molecule has 1 aliphatic carbocycles. The van der Waals surface area contributed by atoms with Crippen LogP contribution in [-0.2, 0) is 14.3 Å². The molecule has 7 nitrogen and oxygen atoms in total. The van der Waals surface area contributed by atoms with Gasteiger partial charge in [0.25, 0.3) is 0 Å². The van der Waals surface area contributed by atoms with Gasteiger partial charge in [-0.1, -0.05) is 61.9 Å². The number of ether oxygens (including phenoxy) is 1. The Morgan fingerprint density at radius 2 is 1.68 bits per heavy atom. The van der Waals surface area contributed by atoms with Gasteiger partial charge in [0, 0.05) is 18.9 Å². The van der Waals surface area contributed by atoms with Gasteiger partial charge in [0.15, 0.2) is 0 Å². The van der Waals surface area contributed by atoms with E-state index in [4.69, 9.17) is 4.74 Å². The van der Waals surface area contributed by atoms with Gasteiger partial charge in [0.05, 0.1) is 0 Å². The lowest BCUT2D eigenvalue weighted by atomic mass is 9.98. The molecule has 0 saturated heterocycles. The number of carbonyl (C=O) groups is 3. The SMILES string of the molecule is CCC(CNC(=O)OCC1c2ccccc2-c2ccccc21)CC(=O)NC(CCSC)C(=O)O. The van der Waals surface area contributed by atoms with Crippen molar-refractivity contribution < 1.29 is 24.2 Å². The third kappa shape index (κ3) is 6.53. The van der Waals surface area contributed by atoms with Crippen molar-refractivity contribution in [1.82, 2.24) is 10.6 Å². The Hall–Kier alpha value is -3.00. The molecule has 0 bridgehead atoms. The summed E-state index contributed by atoms with van der Waals surface area (Å²) in [6.07, 6.45) is 2.55. The van der Waals surface area contributed by atoms with Crippen molar-refractivity contribution in [3.05, 3.63) is 59.7 Å². The summed E-state index contributed by atoms with van der Waals surface area (Å²) in [7, 11) is 0. The molecular weight excluding hydrogens is 452 g/mol. The van der Waals surface area contributed by atoms with Gasteiger partial charge in [0.2, 0.25) is 5.91 Å². The van der Waals surface area contributed by atoms with Crippen LogP contribution in [0.15, 0.2) is 48.5 Å². The van der Waals surface area contributed by atoms with E-state index >= 15 is 0 Å². The van der Waals surface area contributed by atoms with Crippen molar-refractivity contribution in [2.45, 2.75) is 38.1 Å². The van der Waals surface area contributed by atoms with E-state index in [-0.39, 0.29) is 37.3 Å². The number of amides is 2. The molecule has 0 fully saturated rings. The Bertz CT molecular complexity index is 967. The third-order valence-electron chi connectivity index (χ3n) is 6.17.